The van der Waals surface area contributed by atoms with Gasteiger partial charge in [-0.1, -0.05) is 30.3 Å². The fourth-order valence-electron chi connectivity index (χ4n) is 4.14. The molecule has 7 nitrogen and oxygen atoms in total. The number of carbonyl (C=O) groups excluding carboxylic acids is 2. The monoisotopic (exact) mass is 447 g/mol. The lowest BCUT2D eigenvalue weighted by Crippen LogP contribution is -2.35. The molecule has 33 heavy (non-hydrogen) atoms. The van der Waals surface area contributed by atoms with Crippen LogP contribution in [0, 0.1) is 0 Å². The van der Waals surface area contributed by atoms with Crippen LogP contribution in [0.15, 0.2) is 54.7 Å². The molecule has 172 valence electrons. The van der Waals surface area contributed by atoms with E-state index in [9.17, 15) is 9.59 Å². The minimum Gasteiger partial charge on any atom is -0.493 e. The summed E-state index contributed by atoms with van der Waals surface area (Å²) in [6.45, 7) is 1.60. The second-order valence-corrected chi connectivity index (χ2v) is 8.03. The zero-order valence-electron chi connectivity index (χ0n) is 19.0. The zero-order chi connectivity index (χ0) is 23.2. The Morgan fingerprint density at radius 2 is 1.88 bits per heavy atom. The minimum absolute atomic E-state index is 0.00509. The fourth-order valence-corrected chi connectivity index (χ4v) is 4.14. The molecule has 0 fully saturated rings. The van der Waals surface area contributed by atoms with E-state index in [-0.39, 0.29) is 24.7 Å². The van der Waals surface area contributed by atoms with E-state index in [2.05, 4.69) is 28.5 Å². The summed E-state index contributed by atoms with van der Waals surface area (Å²) < 4.78 is 10.5. The number of rotatable bonds is 8. The van der Waals surface area contributed by atoms with E-state index >= 15 is 0 Å². The lowest BCUT2D eigenvalue weighted by molar-refractivity contribution is -0.133. The number of ether oxygens (including phenoxy) is 2. The number of nitrogens with one attached hydrogen (secondary N) is 2. The normalized spacial score (nSPS) is 13.5. The van der Waals surface area contributed by atoms with E-state index < -0.39 is 0 Å². The van der Waals surface area contributed by atoms with Gasteiger partial charge in [-0.25, -0.2) is 0 Å². The van der Waals surface area contributed by atoms with Gasteiger partial charge in [0.15, 0.2) is 11.5 Å². The molecule has 3 aromatic rings. The van der Waals surface area contributed by atoms with E-state index in [1.807, 2.05) is 35.4 Å². The summed E-state index contributed by atoms with van der Waals surface area (Å²) >= 11 is 0. The van der Waals surface area contributed by atoms with Crippen LogP contribution in [0.25, 0.3) is 16.5 Å². The maximum absolute atomic E-state index is 12.6. The summed E-state index contributed by atoms with van der Waals surface area (Å²) in [5.74, 6) is 1.11. The number of para-hydroxylation sites is 1. The average molecular weight is 448 g/mol. The van der Waals surface area contributed by atoms with Crippen LogP contribution in [0.5, 0.6) is 11.5 Å². The van der Waals surface area contributed by atoms with Crippen LogP contribution in [0.4, 0.5) is 0 Å². The number of benzene rings is 2. The highest BCUT2D eigenvalue weighted by Crippen LogP contribution is 2.29. The number of aromatic nitrogens is 1. The van der Waals surface area contributed by atoms with Gasteiger partial charge in [0.2, 0.25) is 11.8 Å². The molecule has 4 rings (SSSR count). The van der Waals surface area contributed by atoms with Gasteiger partial charge in [0.25, 0.3) is 0 Å². The Morgan fingerprint density at radius 1 is 1.06 bits per heavy atom. The number of H-pyrrole nitrogens is 1. The second-order valence-electron chi connectivity index (χ2n) is 8.03. The van der Waals surface area contributed by atoms with Crippen LogP contribution in [-0.4, -0.2) is 49.0 Å². The highest BCUT2D eigenvalue weighted by atomic mass is 16.5. The first-order valence-electron chi connectivity index (χ1n) is 11.1. The van der Waals surface area contributed by atoms with Gasteiger partial charge in [-0.3, -0.25) is 9.59 Å². The Balaban J connectivity index is 1.25. The van der Waals surface area contributed by atoms with Crippen molar-refractivity contribution in [1.29, 1.82) is 0 Å². The molecular weight excluding hydrogens is 418 g/mol. The topological polar surface area (TPSA) is 83.7 Å². The maximum atomic E-state index is 12.6. The van der Waals surface area contributed by atoms with Crippen LogP contribution < -0.4 is 14.8 Å². The smallest absolute Gasteiger partial charge is 0.223 e. The van der Waals surface area contributed by atoms with Gasteiger partial charge in [-0.05, 0) is 35.8 Å². The van der Waals surface area contributed by atoms with E-state index in [1.54, 1.807) is 20.3 Å². The van der Waals surface area contributed by atoms with Crippen molar-refractivity contribution in [2.24, 2.45) is 0 Å². The van der Waals surface area contributed by atoms with Crippen LogP contribution in [0.1, 0.15) is 30.4 Å². The van der Waals surface area contributed by atoms with Gasteiger partial charge < -0.3 is 24.7 Å². The number of fused-ring (bicyclic) bond motifs is 1. The van der Waals surface area contributed by atoms with Gasteiger partial charge in [0.1, 0.15) is 0 Å². The Bertz CT molecular complexity index is 1180. The summed E-state index contributed by atoms with van der Waals surface area (Å²) in [5, 5.41) is 4.07. The SMILES string of the molecule is COc1ccc(CNC(=O)CCC(=O)N2CC=C(c3c[nH]c4ccccc34)CC2)cc1OC. The summed E-state index contributed by atoms with van der Waals surface area (Å²) in [5.41, 5.74) is 4.47. The standard InChI is InChI=1S/C26H29N3O4/c1-32-23-8-7-18(15-24(23)33-2)16-28-25(30)9-10-26(31)29-13-11-19(12-14-29)21-17-27-22-6-4-3-5-20(21)22/h3-8,11,15,17,27H,9-10,12-14,16H2,1-2H3,(H,28,30). The molecule has 2 aromatic carbocycles. The summed E-state index contributed by atoms with van der Waals surface area (Å²) in [6, 6.07) is 13.7. The van der Waals surface area contributed by atoms with E-state index in [1.165, 1.54) is 16.5 Å². The molecule has 2 N–H and O–H groups in total. The van der Waals surface area contributed by atoms with Crippen LogP contribution >= 0.6 is 0 Å². The number of amides is 2. The molecule has 0 spiro atoms. The molecule has 1 aromatic heterocycles. The average Bonchev–Trinajstić information content (AvgIpc) is 3.30. The van der Waals surface area contributed by atoms with Crippen molar-refractivity contribution >= 4 is 28.3 Å². The lowest BCUT2D eigenvalue weighted by Gasteiger charge is -2.26. The molecule has 0 saturated carbocycles. The summed E-state index contributed by atoms with van der Waals surface area (Å²) in [6.07, 6.45) is 5.33. The van der Waals surface area contributed by atoms with E-state index in [4.69, 9.17) is 9.47 Å². The quantitative estimate of drug-likeness (QED) is 0.549. The third-order valence-corrected chi connectivity index (χ3v) is 6.00. The molecule has 0 unspecified atom stereocenters. The maximum Gasteiger partial charge on any atom is 0.223 e. The Kier molecular flexibility index (Phi) is 6.98. The van der Waals surface area contributed by atoms with Gasteiger partial charge in [-0.2, -0.15) is 0 Å². The van der Waals surface area contributed by atoms with E-state index in [0.29, 0.717) is 31.1 Å². The molecule has 7 heteroatoms. The Morgan fingerprint density at radius 3 is 2.64 bits per heavy atom. The zero-order valence-corrected chi connectivity index (χ0v) is 19.0. The van der Waals surface area contributed by atoms with Crippen LogP contribution in [0.2, 0.25) is 0 Å². The summed E-state index contributed by atoms with van der Waals surface area (Å²) in [4.78, 5) is 30.0. The van der Waals surface area contributed by atoms with Crippen LogP contribution in [-0.2, 0) is 16.1 Å². The molecular formula is C26H29N3O4. The molecule has 0 aliphatic carbocycles. The van der Waals surface area contributed by atoms with Crippen molar-refractivity contribution in [2.75, 3.05) is 27.3 Å². The molecule has 1 aliphatic heterocycles. The lowest BCUT2D eigenvalue weighted by atomic mass is 9.98. The van der Waals surface area contributed by atoms with Crippen molar-refractivity contribution in [1.82, 2.24) is 15.2 Å². The number of aromatic amines is 1. The molecule has 2 heterocycles. The predicted octanol–water partition coefficient (Wildman–Crippen LogP) is 3.90. The number of hydrogen-bond acceptors (Lipinski definition) is 4. The minimum atomic E-state index is -0.148. The first kappa shape index (κ1) is 22.5. The number of methoxy groups -OCH3 is 2. The molecule has 0 atom stereocenters. The third kappa shape index (κ3) is 5.19. The van der Waals surface area contributed by atoms with Gasteiger partial charge >= 0.3 is 0 Å². The van der Waals surface area contributed by atoms with Gasteiger partial charge in [-0.15, -0.1) is 0 Å². The highest BCUT2D eigenvalue weighted by Gasteiger charge is 2.20. The van der Waals surface area contributed by atoms with Crippen molar-refractivity contribution in [3.05, 3.63) is 65.9 Å². The van der Waals surface area contributed by atoms with Crippen molar-refractivity contribution in [3.8, 4) is 11.5 Å². The summed E-state index contributed by atoms with van der Waals surface area (Å²) in [7, 11) is 3.16. The second kappa shape index (κ2) is 10.3. The molecule has 1 aliphatic rings. The van der Waals surface area contributed by atoms with Crippen molar-refractivity contribution in [3.63, 3.8) is 0 Å². The molecule has 0 radical (unpaired) electrons. The highest BCUT2D eigenvalue weighted by molar-refractivity contribution is 5.93. The Labute approximate surface area is 193 Å². The third-order valence-electron chi connectivity index (χ3n) is 6.00. The van der Waals surface area contributed by atoms with Crippen LogP contribution in [0.3, 0.4) is 0 Å². The Hall–Kier alpha value is -3.74. The molecule has 2 amide bonds. The van der Waals surface area contributed by atoms with E-state index in [0.717, 1.165) is 17.5 Å². The molecule has 0 saturated heterocycles. The first-order chi connectivity index (χ1) is 16.1. The largest absolute Gasteiger partial charge is 0.493 e. The van der Waals surface area contributed by atoms with Crippen molar-refractivity contribution < 1.29 is 19.1 Å². The predicted molar refractivity (Wildman–Crippen MR) is 128 cm³/mol. The fraction of sp³-hybridized carbons (Fsp3) is 0.308. The number of hydrogen-bond donors (Lipinski definition) is 2. The molecule has 0 bridgehead atoms. The number of carbonyl (C=O) groups is 2. The van der Waals surface area contributed by atoms with Gasteiger partial charge in [0, 0.05) is 55.1 Å². The van der Waals surface area contributed by atoms with Crippen molar-refractivity contribution in [2.45, 2.75) is 25.8 Å². The number of nitrogens with zero attached hydrogens (tertiary/aromatic N) is 1. The van der Waals surface area contributed by atoms with Gasteiger partial charge in [0.05, 0.1) is 14.2 Å². The first-order valence-corrected chi connectivity index (χ1v) is 11.1.